The van der Waals surface area contributed by atoms with Crippen LogP contribution in [0.5, 0.6) is 0 Å². The zero-order chi connectivity index (χ0) is 11.8. The molecule has 0 amide bonds. The minimum atomic E-state index is 0. The fraction of sp³-hybridized carbons (Fsp3) is 0. The van der Waals surface area contributed by atoms with Crippen LogP contribution in [-0.4, -0.2) is 5.84 Å². The Labute approximate surface area is 119 Å². The molecule has 5 heteroatoms. The Bertz CT molecular complexity index is 686. The standard InChI is InChI=1S/C13H10N2S2.ClH/c14-13(15)12-7-9-6-8(3-4-11(9)17-12)10-2-1-5-16-10;/h1-7H,(H3,14,15);1H. The van der Waals surface area contributed by atoms with Gasteiger partial charge < -0.3 is 5.73 Å². The first-order chi connectivity index (χ1) is 8.24. The minimum absolute atomic E-state index is 0. The van der Waals surface area contributed by atoms with Crippen molar-refractivity contribution in [2.75, 3.05) is 0 Å². The third-order valence-corrected chi connectivity index (χ3v) is 4.66. The number of fused-ring (bicyclic) bond motifs is 1. The number of nitrogen functional groups attached to an aromatic ring is 1. The number of rotatable bonds is 2. The molecule has 1 aromatic carbocycles. The summed E-state index contributed by atoms with van der Waals surface area (Å²) >= 11 is 3.30. The van der Waals surface area contributed by atoms with Crippen LogP contribution in [0.1, 0.15) is 4.88 Å². The van der Waals surface area contributed by atoms with E-state index in [-0.39, 0.29) is 18.2 Å². The van der Waals surface area contributed by atoms with E-state index in [1.54, 1.807) is 22.7 Å². The van der Waals surface area contributed by atoms with Gasteiger partial charge in [-0.3, -0.25) is 5.41 Å². The highest BCUT2D eigenvalue weighted by Gasteiger charge is 2.06. The van der Waals surface area contributed by atoms with Crippen LogP contribution in [0.2, 0.25) is 0 Å². The molecule has 0 saturated carbocycles. The zero-order valence-corrected chi connectivity index (χ0v) is 11.8. The van der Waals surface area contributed by atoms with Gasteiger partial charge in [0.05, 0.1) is 4.88 Å². The fourth-order valence-electron chi connectivity index (χ4n) is 1.77. The van der Waals surface area contributed by atoms with E-state index in [0.717, 1.165) is 10.3 Å². The van der Waals surface area contributed by atoms with Gasteiger partial charge in [0.2, 0.25) is 0 Å². The molecule has 0 aliphatic heterocycles. The quantitative estimate of drug-likeness (QED) is 0.536. The van der Waals surface area contributed by atoms with Gasteiger partial charge in [0.25, 0.3) is 0 Å². The van der Waals surface area contributed by atoms with E-state index in [1.165, 1.54) is 15.1 Å². The Kier molecular flexibility index (Phi) is 3.71. The molecule has 0 atom stereocenters. The molecule has 2 heterocycles. The van der Waals surface area contributed by atoms with Gasteiger partial charge in [-0.1, -0.05) is 12.1 Å². The van der Waals surface area contributed by atoms with Crippen molar-refractivity contribution in [1.29, 1.82) is 5.41 Å². The molecule has 3 N–H and O–H groups in total. The van der Waals surface area contributed by atoms with Gasteiger partial charge in [-0.15, -0.1) is 35.1 Å². The molecular formula is C13H11ClN2S2. The largest absolute Gasteiger partial charge is 0.383 e. The van der Waals surface area contributed by atoms with Crippen LogP contribution >= 0.6 is 35.1 Å². The average molecular weight is 295 g/mol. The van der Waals surface area contributed by atoms with Crippen LogP contribution in [0.4, 0.5) is 0 Å². The summed E-state index contributed by atoms with van der Waals surface area (Å²) in [5, 5.41) is 10.7. The average Bonchev–Trinajstić information content (AvgIpc) is 2.97. The molecule has 0 bridgehead atoms. The van der Waals surface area contributed by atoms with Crippen LogP contribution in [-0.2, 0) is 0 Å². The predicted molar refractivity (Wildman–Crippen MR) is 83.4 cm³/mol. The monoisotopic (exact) mass is 294 g/mol. The molecule has 2 aromatic heterocycles. The molecule has 0 aliphatic rings. The summed E-state index contributed by atoms with van der Waals surface area (Å²) in [6, 6.07) is 12.5. The lowest BCUT2D eigenvalue weighted by atomic mass is 10.1. The number of amidine groups is 1. The number of hydrogen-bond donors (Lipinski definition) is 2. The van der Waals surface area contributed by atoms with E-state index in [0.29, 0.717) is 0 Å². The highest BCUT2D eigenvalue weighted by Crippen LogP contribution is 2.31. The summed E-state index contributed by atoms with van der Waals surface area (Å²) in [6.07, 6.45) is 0. The van der Waals surface area contributed by atoms with Gasteiger partial charge in [0, 0.05) is 9.58 Å². The first kappa shape index (κ1) is 13.1. The fourth-order valence-corrected chi connectivity index (χ4v) is 3.40. The lowest BCUT2D eigenvalue weighted by molar-refractivity contribution is 1.46. The summed E-state index contributed by atoms with van der Waals surface area (Å²) in [5.74, 6) is 0.142. The Morgan fingerprint density at radius 1 is 1.17 bits per heavy atom. The lowest BCUT2D eigenvalue weighted by Gasteiger charge is -1.96. The van der Waals surface area contributed by atoms with Gasteiger partial charge in [0.1, 0.15) is 5.84 Å². The highest BCUT2D eigenvalue weighted by atomic mass is 35.5. The van der Waals surface area contributed by atoms with Crippen molar-refractivity contribution in [3.63, 3.8) is 0 Å². The second kappa shape index (κ2) is 5.10. The van der Waals surface area contributed by atoms with Gasteiger partial charge in [-0.2, -0.15) is 0 Å². The molecule has 0 radical (unpaired) electrons. The van der Waals surface area contributed by atoms with Crippen LogP contribution in [0, 0.1) is 5.41 Å². The van der Waals surface area contributed by atoms with Crippen LogP contribution in [0.25, 0.3) is 20.5 Å². The van der Waals surface area contributed by atoms with Gasteiger partial charge in [-0.05, 0) is 40.6 Å². The minimum Gasteiger partial charge on any atom is -0.383 e. The summed E-state index contributed by atoms with van der Waals surface area (Å²) in [6.45, 7) is 0. The Morgan fingerprint density at radius 3 is 2.67 bits per heavy atom. The molecule has 0 fully saturated rings. The van der Waals surface area contributed by atoms with Crippen molar-refractivity contribution in [1.82, 2.24) is 0 Å². The van der Waals surface area contributed by atoms with E-state index in [9.17, 15) is 0 Å². The lowest BCUT2D eigenvalue weighted by Crippen LogP contribution is -2.08. The smallest absolute Gasteiger partial charge is 0.133 e. The number of hydrogen-bond acceptors (Lipinski definition) is 3. The first-order valence-corrected chi connectivity index (χ1v) is 6.85. The van der Waals surface area contributed by atoms with Gasteiger partial charge in [-0.25, -0.2) is 0 Å². The van der Waals surface area contributed by atoms with E-state index < -0.39 is 0 Å². The van der Waals surface area contributed by atoms with Crippen molar-refractivity contribution in [3.05, 3.63) is 46.7 Å². The second-order valence-corrected chi connectivity index (χ2v) is 5.79. The summed E-state index contributed by atoms with van der Waals surface area (Å²) in [4.78, 5) is 2.10. The Hall–Kier alpha value is -1.36. The maximum absolute atomic E-state index is 7.45. The molecule has 3 aromatic rings. The van der Waals surface area contributed by atoms with Crippen molar-refractivity contribution < 1.29 is 0 Å². The Balaban J connectivity index is 0.00000120. The highest BCUT2D eigenvalue weighted by molar-refractivity contribution is 7.20. The van der Waals surface area contributed by atoms with Crippen LogP contribution in [0.3, 0.4) is 0 Å². The maximum atomic E-state index is 7.45. The third kappa shape index (κ3) is 2.27. The zero-order valence-electron chi connectivity index (χ0n) is 9.34. The summed E-state index contributed by atoms with van der Waals surface area (Å²) in [5.41, 5.74) is 6.73. The molecule has 92 valence electrons. The number of nitrogens with one attached hydrogen (secondary N) is 1. The molecule has 0 unspecified atom stereocenters. The topological polar surface area (TPSA) is 49.9 Å². The van der Waals surface area contributed by atoms with Gasteiger partial charge >= 0.3 is 0 Å². The molecule has 0 aliphatic carbocycles. The van der Waals surface area contributed by atoms with Gasteiger partial charge in [0.15, 0.2) is 0 Å². The van der Waals surface area contributed by atoms with Crippen molar-refractivity contribution in [2.45, 2.75) is 0 Å². The molecule has 0 spiro atoms. The molecule has 18 heavy (non-hydrogen) atoms. The molecule has 2 nitrogen and oxygen atoms in total. The van der Waals surface area contributed by atoms with E-state index in [4.69, 9.17) is 11.1 Å². The normalized spacial score (nSPS) is 10.2. The second-order valence-electron chi connectivity index (χ2n) is 3.75. The van der Waals surface area contributed by atoms with Crippen molar-refractivity contribution in [3.8, 4) is 10.4 Å². The van der Waals surface area contributed by atoms with E-state index >= 15 is 0 Å². The number of nitrogens with two attached hydrogens (primary N) is 1. The summed E-state index contributed by atoms with van der Waals surface area (Å²) in [7, 11) is 0. The Morgan fingerprint density at radius 2 is 2.00 bits per heavy atom. The molecular weight excluding hydrogens is 284 g/mol. The van der Waals surface area contributed by atoms with Crippen molar-refractivity contribution in [2.24, 2.45) is 5.73 Å². The number of thiophene rings is 2. The van der Waals surface area contributed by atoms with E-state index in [1.807, 2.05) is 6.07 Å². The number of benzene rings is 1. The van der Waals surface area contributed by atoms with E-state index in [2.05, 4.69) is 35.7 Å². The van der Waals surface area contributed by atoms with Crippen molar-refractivity contribution >= 4 is 51.0 Å². The number of halogens is 1. The predicted octanol–water partition coefficient (Wildman–Crippen LogP) is 4.34. The molecule has 3 rings (SSSR count). The maximum Gasteiger partial charge on any atom is 0.133 e. The van der Waals surface area contributed by atoms with Crippen LogP contribution < -0.4 is 5.73 Å². The third-order valence-electron chi connectivity index (χ3n) is 2.59. The molecule has 0 saturated heterocycles. The SMILES string of the molecule is Cl.N=C(N)c1cc2cc(-c3cccs3)ccc2s1. The first-order valence-electron chi connectivity index (χ1n) is 5.16. The van der Waals surface area contributed by atoms with Crippen LogP contribution in [0.15, 0.2) is 41.8 Å². The summed E-state index contributed by atoms with van der Waals surface area (Å²) < 4.78 is 1.18.